The van der Waals surface area contributed by atoms with E-state index in [1.165, 1.54) is 18.4 Å². The number of hydrogen-bond donors (Lipinski definition) is 2. The molecule has 0 aliphatic rings. The lowest BCUT2D eigenvalue weighted by Crippen LogP contribution is -2.30. The Balaban J connectivity index is 1.44. The van der Waals surface area contributed by atoms with Crippen molar-refractivity contribution in [1.29, 1.82) is 0 Å². The van der Waals surface area contributed by atoms with Crippen LogP contribution in [0.5, 0.6) is 11.5 Å². The molecule has 0 unspecified atom stereocenters. The van der Waals surface area contributed by atoms with Crippen molar-refractivity contribution in [2.75, 3.05) is 19.5 Å². The predicted octanol–water partition coefficient (Wildman–Crippen LogP) is 5.60. The molecule has 0 radical (unpaired) electrons. The van der Waals surface area contributed by atoms with E-state index in [2.05, 4.69) is 10.6 Å². The number of carbonyl (C=O) groups is 3. The minimum absolute atomic E-state index is 0.00295. The van der Waals surface area contributed by atoms with Crippen molar-refractivity contribution in [2.45, 2.75) is 0 Å². The Labute approximate surface area is 225 Å². The molecule has 0 bridgehead atoms. The zero-order chi connectivity index (χ0) is 27.6. The van der Waals surface area contributed by atoms with Gasteiger partial charge in [0.2, 0.25) is 0 Å². The summed E-state index contributed by atoms with van der Waals surface area (Å²) in [4.78, 5) is 38.4. The van der Waals surface area contributed by atoms with Gasteiger partial charge in [0.25, 0.3) is 11.8 Å². The predicted molar refractivity (Wildman–Crippen MR) is 149 cm³/mol. The summed E-state index contributed by atoms with van der Waals surface area (Å²) >= 11 is 0. The summed E-state index contributed by atoms with van der Waals surface area (Å²) in [6.45, 7) is 0. The third-order valence-corrected chi connectivity index (χ3v) is 5.62. The summed E-state index contributed by atoms with van der Waals surface area (Å²) in [6.07, 6.45) is 6.04. The fraction of sp³-hybridized carbons (Fsp3) is 0.0645. The van der Waals surface area contributed by atoms with Crippen molar-refractivity contribution in [3.63, 3.8) is 0 Å². The molecule has 1 aromatic heterocycles. The van der Waals surface area contributed by atoms with Crippen LogP contribution < -0.4 is 20.1 Å². The van der Waals surface area contributed by atoms with Crippen LogP contribution in [-0.2, 0) is 4.79 Å². The fourth-order valence-corrected chi connectivity index (χ4v) is 3.60. The van der Waals surface area contributed by atoms with Crippen molar-refractivity contribution in [3.05, 3.63) is 125 Å². The van der Waals surface area contributed by atoms with Gasteiger partial charge < -0.3 is 24.5 Å². The summed E-state index contributed by atoms with van der Waals surface area (Å²) in [5.41, 5.74) is 2.06. The molecule has 0 fully saturated rings. The highest BCUT2D eigenvalue weighted by atomic mass is 16.5. The van der Waals surface area contributed by atoms with Gasteiger partial charge in [-0.25, -0.2) is 0 Å². The molecule has 4 aromatic rings. The number of ether oxygens (including phenoxy) is 2. The maximum atomic E-state index is 13.0. The van der Waals surface area contributed by atoms with Crippen molar-refractivity contribution in [3.8, 4) is 11.5 Å². The second-order valence-electron chi connectivity index (χ2n) is 8.24. The number of nitrogens with one attached hydrogen (secondary N) is 2. The van der Waals surface area contributed by atoms with Crippen LogP contribution in [0.1, 0.15) is 32.0 Å². The third kappa shape index (κ3) is 7.11. The molecule has 2 amide bonds. The highest BCUT2D eigenvalue weighted by Gasteiger charge is 2.16. The van der Waals surface area contributed by atoms with E-state index >= 15 is 0 Å². The normalized spacial score (nSPS) is 11.2. The number of carbonyl (C=O) groups excluding carboxylic acids is 3. The first kappa shape index (κ1) is 26.7. The number of hydrogen-bond acceptors (Lipinski definition) is 6. The van der Waals surface area contributed by atoms with Gasteiger partial charge in [-0.15, -0.1) is 0 Å². The zero-order valence-electron chi connectivity index (χ0n) is 21.3. The number of methoxy groups -OCH3 is 2. The standard InChI is InChI=1S/C31H26N2O6/c1-37-28-17-11-21(19-29(28)38-2)10-16-27(34)22-12-14-24(15-13-22)32-31(36)26(20-25-9-6-18-39-25)33-30(35)23-7-4-3-5-8-23/h3-20H,1-2H3,(H,32,36)(H,33,35)/b16-10+,26-20-. The van der Waals surface area contributed by atoms with E-state index in [0.717, 1.165) is 5.56 Å². The first-order valence-corrected chi connectivity index (χ1v) is 11.9. The molecule has 4 rings (SSSR count). The van der Waals surface area contributed by atoms with Crippen molar-refractivity contribution < 1.29 is 28.3 Å². The highest BCUT2D eigenvalue weighted by molar-refractivity contribution is 6.11. The molecule has 3 aromatic carbocycles. The highest BCUT2D eigenvalue weighted by Crippen LogP contribution is 2.28. The molecule has 0 aliphatic carbocycles. The van der Waals surface area contributed by atoms with E-state index < -0.39 is 11.8 Å². The van der Waals surface area contributed by atoms with Crippen LogP contribution >= 0.6 is 0 Å². The molecule has 2 N–H and O–H groups in total. The van der Waals surface area contributed by atoms with Crippen LogP contribution in [-0.4, -0.2) is 31.8 Å². The Bertz CT molecular complexity index is 1500. The van der Waals surface area contributed by atoms with Crippen LogP contribution in [0.2, 0.25) is 0 Å². The monoisotopic (exact) mass is 522 g/mol. The second-order valence-corrected chi connectivity index (χ2v) is 8.24. The third-order valence-electron chi connectivity index (χ3n) is 5.62. The molecule has 39 heavy (non-hydrogen) atoms. The first-order chi connectivity index (χ1) is 19.0. The lowest BCUT2D eigenvalue weighted by Gasteiger charge is -2.11. The SMILES string of the molecule is COc1ccc(/C=C/C(=O)c2ccc(NC(=O)/C(=C/c3ccco3)NC(=O)c3ccccc3)cc2)cc1OC. The van der Waals surface area contributed by atoms with Gasteiger partial charge in [0.05, 0.1) is 20.5 Å². The molecule has 0 atom stereocenters. The number of rotatable bonds is 10. The molecule has 8 nitrogen and oxygen atoms in total. The Morgan fingerprint density at radius 2 is 1.54 bits per heavy atom. The topological polar surface area (TPSA) is 107 Å². The molecular formula is C31H26N2O6. The molecular weight excluding hydrogens is 496 g/mol. The van der Waals surface area contributed by atoms with Crippen LogP contribution in [0.15, 0.2) is 107 Å². The fourth-order valence-electron chi connectivity index (χ4n) is 3.60. The first-order valence-electron chi connectivity index (χ1n) is 11.9. The Kier molecular flexibility index (Phi) is 8.71. The van der Waals surface area contributed by atoms with E-state index in [4.69, 9.17) is 13.9 Å². The van der Waals surface area contributed by atoms with Gasteiger partial charge in [-0.1, -0.05) is 30.3 Å². The zero-order valence-corrected chi connectivity index (χ0v) is 21.3. The number of anilines is 1. The van der Waals surface area contributed by atoms with Crippen LogP contribution in [0.4, 0.5) is 5.69 Å². The number of allylic oxidation sites excluding steroid dienone is 1. The van der Waals surface area contributed by atoms with Crippen molar-refractivity contribution in [1.82, 2.24) is 5.32 Å². The number of amides is 2. The van der Waals surface area contributed by atoms with E-state index in [9.17, 15) is 14.4 Å². The summed E-state index contributed by atoms with van der Waals surface area (Å²) < 4.78 is 15.8. The molecule has 0 spiro atoms. The maximum Gasteiger partial charge on any atom is 0.272 e. The van der Waals surface area contributed by atoms with Crippen molar-refractivity contribution in [2.24, 2.45) is 0 Å². The van der Waals surface area contributed by atoms with Crippen LogP contribution in [0, 0.1) is 0 Å². The van der Waals surface area contributed by atoms with Gasteiger partial charge in [0.1, 0.15) is 11.5 Å². The van der Waals surface area contributed by atoms with E-state index in [0.29, 0.717) is 34.1 Å². The molecule has 196 valence electrons. The summed E-state index contributed by atoms with van der Waals surface area (Å²) in [5, 5.41) is 5.38. The summed E-state index contributed by atoms with van der Waals surface area (Å²) in [5.74, 6) is 0.355. The van der Waals surface area contributed by atoms with Gasteiger partial charge in [0.15, 0.2) is 17.3 Å². The molecule has 8 heteroatoms. The summed E-state index contributed by atoms with van der Waals surface area (Å²) in [6, 6.07) is 23.7. The van der Waals surface area contributed by atoms with E-state index in [1.54, 1.807) is 99.2 Å². The second kappa shape index (κ2) is 12.7. The maximum absolute atomic E-state index is 13.0. The van der Waals surface area contributed by atoms with Gasteiger partial charge in [-0.3, -0.25) is 14.4 Å². The number of benzene rings is 3. The number of furan rings is 1. The lowest BCUT2D eigenvalue weighted by molar-refractivity contribution is -0.113. The van der Waals surface area contributed by atoms with E-state index in [1.807, 2.05) is 6.07 Å². The van der Waals surface area contributed by atoms with Gasteiger partial charge in [0, 0.05) is 22.9 Å². The minimum Gasteiger partial charge on any atom is -0.493 e. The minimum atomic E-state index is -0.553. The lowest BCUT2D eigenvalue weighted by atomic mass is 10.1. The Hall–Kier alpha value is -5.37. The number of ketones is 1. The van der Waals surface area contributed by atoms with Gasteiger partial charge >= 0.3 is 0 Å². The van der Waals surface area contributed by atoms with Crippen LogP contribution in [0.3, 0.4) is 0 Å². The Morgan fingerprint density at radius 3 is 2.21 bits per heavy atom. The average Bonchev–Trinajstić information content (AvgIpc) is 3.49. The Morgan fingerprint density at radius 1 is 0.795 bits per heavy atom. The molecule has 0 aliphatic heterocycles. The van der Waals surface area contributed by atoms with Gasteiger partial charge in [-0.05, 0) is 72.3 Å². The summed E-state index contributed by atoms with van der Waals surface area (Å²) in [7, 11) is 3.10. The van der Waals surface area contributed by atoms with Crippen molar-refractivity contribution >= 4 is 35.4 Å². The van der Waals surface area contributed by atoms with E-state index in [-0.39, 0.29) is 11.5 Å². The quantitative estimate of drug-likeness (QED) is 0.207. The molecule has 0 saturated carbocycles. The smallest absolute Gasteiger partial charge is 0.272 e. The average molecular weight is 523 g/mol. The largest absolute Gasteiger partial charge is 0.493 e. The molecule has 1 heterocycles. The molecule has 0 saturated heterocycles. The van der Waals surface area contributed by atoms with Gasteiger partial charge in [-0.2, -0.15) is 0 Å². The van der Waals surface area contributed by atoms with Crippen LogP contribution in [0.25, 0.3) is 12.2 Å².